The third-order valence-corrected chi connectivity index (χ3v) is 18.9. The number of hydrogen-bond donors (Lipinski definition) is 0. The summed E-state index contributed by atoms with van der Waals surface area (Å²) in [5, 5.41) is 18.8. The van der Waals surface area contributed by atoms with E-state index in [0.717, 1.165) is 103 Å². The predicted molar refractivity (Wildman–Crippen MR) is 346 cm³/mol. The zero-order valence-electron chi connectivity index (χ0n) is 43.7. The van der Waals surface area contributed by atoms with Gasteiger partial charge in [0.05, 0.1) is 0 Å². The number of halogens is 1. The number of furan rings is 4. The minimum atomic E-state index is 0.136. The van der Waals surface area contributed by atoms with Gasteiger partial charge in [-0.2, -0.15) is 0 Å². The maximum atomic E-state index is 6.52. The molecule has 18 aromatic rings. The highest BCUT2D eigenvalue weighted by Crippen LogP contribution is 2.49. The normalized spacial score (nSPS) is 12.7. The smallest absolute Gasteiger partial charge is 0.244 e. The third kappa shape index (κ3) is 5.96. The lowest BCUT2D eigenvalue weighted by molar-refractivity contribution is 0.672. The van der Waals surface area contributed by atoms with Crippen LogP contribution in [0.25, 0.3) is 175 Å². The van der Waals surface area contributed by atoms with E-state index in [1.165, 1.54) is 92.9 Å². The van der Waals surface area contributed by atoms with E-state index in [9.17, 15) is 0 Å². The first-order valence-electron chi connectivity index (χ1n) is 27.9. The average molecular weight is 1110 g/mol. The van der Waals surface area contributed by atoms with E-state index in [-0.39, 0.29) is 6.71 Å². The Balaban J connectivity index is 0.000000122. The van der Waals surface area contributed by atoms with Crippen molar-refractivity contribution in [3.8, 4) is 44.5 Å². The number of benzene rings is 14. The minimum Gasteiger partial charge on any atom is -0.455 e. The highest BCUT2D eigenvalue weighted by Gasteiger charge is 2.39. The zero-order chi connectivity index (χ0) is 53.5. The van der Waals surface area contributed by atoms with Crippen molar-refractivity contribution in [1.82, 2.24) is 0 Å². The second-order valence-corrected chi connectivity index (χ2v) is 22.9. The van der Waals surface area contributed by atoms with E-state index >= 15 is 0 Å². The molecule has 0 N–H and O–H groups in total. The standard InChI is InChI=1S/C38H19BO2.C38H21BrO2/c1-3-16-32-20(8-1)28-18-26-22-10-5-11-23-27-19-29-21-9-2-4-17-33(21)41-38(29)25-13-7-15-31(35(25)27)39(36(22)23)30-14-6-12-24(34(26)30)37(28)40-32;39-36-26(30-20-32-24-12-5-7-18-34(24)40-37(32)28-14-3-1-10-22(28)30)16-9-17-27(36)31-21-33-25-13-6-8-19-35(25)41-38(33)29-15-4-2-11-23(29)31/h1-19H;1-21H. The second-order valence-electron chi connectivity index (χ2n) is 22.1. The highest BCUT2D eigenvalue weighted by atomic mass is 79.9. The fourth-order valence-electron chi connectivity index (χ4n) is 14.6. The number of para-hydroxylation sites is 4. The van der Waals surface area contributed by atoms with Crippen LogP contribution in [-0.4, -0.2) is 6.71 Å². The molecule has 0 spiro atoms. The number of fused-ring (bicyclic) bond motifs is 22. The van der Waals surface area contributed by atoms with E-state index < -0.39 is 0 Å². The molecule has 0 unspecified atom stereocenters. The molecule has 82 heavy (non-hydrogen) atoms. The van der Waals surface area contributed by atoms with Crippen LogP contribution in [0.4, 0.5) is 0 Å². The van der Waals surface area contributed by atoms with Gasteiger partial charge >= 0.3 is 0 Å². The van der Waals surface area contributed by atoms with Crippen LogP contribution >= 0.6 is 15.9 Å². The summed E-state index contributed by atoms with van der Waals surface area (Å²) < 4.78 is 26.9. The Morgan fingerprint density at radius 1 is 0.232 bits per heavy atom. The van der Waals surface area contributed by atoms with Crippen LogP contribution in [0.1, 0.15) is 0 Å². The molecule has 0 aliphatic carbocycles. The van der Waals surface area contributed by atoms with E-state index in [1.54, 1.807) is 0 Å². The number of hydrogen-bond acceptors (Lipinski definition) is 4. The Morgan fingerprint density at radius 2 is 0.524 bits per heavy atom. The molecule has 0 fully saturated rings. The first-order valence-corrected chi connectivity index (χ1v) is 28.7. The van der Waals surface area contributed by atoms with Crippen molar-refractivity contribution in [1.29, 1.82) is 0 Å². The predicted octanol–water partition coefficient (Wildman–Crippen LogP) is 20.2. The van der Waals surface area contributed by atoms with Gasteiger partial charge in [0, 0.05) is 69.1 Å². The fraction of sp³-hybridized carbons (Fsp3) is 0. The Morgan fingerprint density at radius 3 is 0.915 bits per heavy atom. The summed E-state index contributed by atoms with van der Waals surface area (Å²) in [6, 6.07) is 86.7. The van der Waals surface area contributed by atoms with Crippen LogP contribution in [0.15, 0.2) is 265 Å². The molecule has 4 nitrogen and oxygen atoms in total. The SMILES string of the molecule is Brc1c(-c2cc3c4ccccc4oc3c3ccccc23)cccc1-c1cc2c3ccccc3oc2c2ccccc12.c1cc2c3c(c1)-c1cc4c5ccccc5oc4c4cccc(c14)B3c1cccc3c1c-2cc1c2ccccc2oc31. The molecule has 378 valence electrons. The average Bonchev–Trinajstić information content (AvgIpc) is 2.63. The van der Waals surface area contributed by atoms with Crippen LogP contribution in [0.2, 0.25) is 0 Å². The minimum absolute atomic E-state index is 0.136. The highest BCUT2D eigenvalue weighted by molar-refractivity contribution is 9.10. The molecule has 6 heterocycles. The molecular weight excluding hydrogens is 1070 g/mol. The van der Waals surface area contributed by atoms with Crippen molar-refractivity contribution in [2.24, 2.45) is 0 Å². The fourth-order valence-corrected chi connectivity index (χ4v) is 15.3. The van der Waals surface area contributed by atoms with Gasteiger partial charge in [-0.3, -0.25) is 0 Å². The summed E-state index contributed by atoms with van der Waals surface area (Å²) in [6.07, 6.45) is 0. The summed E-state index contributed by atoms with van der Waals surface area (Å²) in [5.74, 6) is 0. The lowest BCUT2D eigenvalue weighted by atomic mass is 9.31. The van der Waals surface area contributed by atoms with Crippen LogP contribution < -0.4 is 16.4 Å². The lowest BCUT2D eigenvalue weighted by Crippen LogP contribution is -2.57. The van der Waals surface area contributed by atoms with Gasteiger partial charge in [-0.25, -0.2) is 0 Å². The largest absolute Gasteiger partial charge is 0.455 e. The monoisotopic (exact) mass is 1110 g/mol. The lowest BCUT2D eigenvalue weighted by Gasteiger charge is -2.34. The van der Waals surface area contributed by atoms with Gasteiger partial charge < -0.3 is 17.7 Å². The molecular formula is C76H40BBrO4. The Hall–Kier alpha value is -10.1. The van der Waals surface area contributed by atoms with Crippen LogP contribution in [0, 0.1) is 0 Å². The molecule has 6 heteroatoms. The molecule has 0 radical (unpaired) electrons. The molecule has 2 aliphatic heterocycles. The Labute approximate surface area is 476 Å². The molecule has 2 aliphatic rings. The van der Waals surface area contributed by atoms with Crippen molar-refractivity contribution in [2.75, 3.05) is 0 Å². The Bertz CT molecular complexity index is 5520. The second kappa shape index (κ2) is 16.5. The molecule has 0 atom stereocenters. The van der Waals surface area contributed by atoms with Gasteiger partial charge in [0.2, 0.25) is 6.71 Å². The summed E-state index contributed by atoms with van der Waals surface area (Å²) >= 11 is 4.09. The van der Waals surface area contributed by atoms with Crippen molar-refractivity contribution in [3.05, 3.63) is 247 Å². The number of rotatable bonds is 2. The van der Waals surface area contributed by atoms with Gasteiger partial charge in [-0.15, -0.1) is 0 Å². The van der Waals surface area contributed by atoms with Gasteiger partial charge in [-0.05, 0) is 131 Å². The van der Waals surface area contributed by atoms with Crippen molar-refractivity contribution in [2.45, 2.75) is 0 Å². The summed E-state index contributed by atoms with van der Waals surface area (Å²) in [6.45, 7) is 0.136. The molecule has 0 saturated carbocycles. The summed E-state index contributed by atoms with van der Waals surface area (Å²) in [4.78, 5) is 0. The topological polar surface area (TPSA) is 52.6 Å². The van der Waals surface area contributed by atoms with E-state index in [1.807, 2.05) is 24.3 Å². The van der Waals surface area contributed by atoms with Gasteiger partial charge in [0.1, 0.15) is 44.7 Å². The molecule has 0 bridgehead atoms. The quantitative estimate of drug-likeness (QED) is 0.162. The first kappa shape index (κ1) is 44.7. The zero-order valence-corrected chi connectivity index (χ0v) is 45.3. The first-order chi connectivity index (χ1) is 40.6. The molecule has 20 rings (SSSR count). The van der Waals surface area contributed by atoms with Crippen LogP contribution in [-0.2, 0) is 0 Å². The van der Waals surface area contributed by atoms with E-state index in [2.05, 4.69) is 234 Å². The summed E-state index contributed by atoms with van der Waals surface area (Å²) in [7, 11) is 0. The van der Waals surface area contributed by atoms with Crippen LogP contribution in [0.3, 0.4) is 0 Å². The van der Waals surface area contributed by atoms with Gasteiger partial charge in [0.25, 0.3) is 0 Å². The molecule has 14 aromatic carbocycles. The maximum Gasteiger partial charge on any atom is 0.244 e. The van der Waals surface area contributed by atoms with E-state index in [4.69, 9.17) is 17.7 Å². The Kier molecular flexibility index (Phi) is 8.98. The molecule has 0 saturated heterocycles. The van der Waals surface area contributed by atoms with Crippen molar-refractivity contribution in [3.63, 3.8) is 0 Å². The van der Waals surface area contributed by atoms with Crippen molar-refractivity contribution < 1.29 is 17.7 Å². The van der Waals surface area contributed by atoms with Gasteiger partial charge in [-0.1, -0.05) is 211 Å². The third-order valence-electron chi connectivity index (χ3n) is 18.0. The van der Waals surface area contributed by atoms with Crippen LogP contribution in [0.5, 0.6) is 0 Å². The van der Waals surface area contributed by atoms with Crippen molar-refractivity contribution >= 4 is 170 Å². The summed E-state index contributed by atoms with van der Waals surface area (Å²) in [5.41, 5.74) is 21.5. The maximum absolute atomic E-state index is 6.52. The van der Waals surface area contributed by atoms with E-state index in [0.29, 0.717) is 0 Å². The van der Waals surface area contributed by atoms with Gasteiger partial charge in [0.15, 0.2) is 0 Å². The molecule has 0 amide bonds. The molecule has 4 aromatic heterocycles.